The van der Waals surface area contributed by atoms with E-state index in [2.05, 4.69) is 380 Å². The van der Waals surface area contributed by atoms with E-state index in [-0.39, 0.29) is 67.3 Å². The number of likely N-dealkylation sites (N-methyl/N-ethyl adjacent to an activating group) is 2. The number of phenolic OH excluding ortho intramolecular Hbond substituents is 4. The molecule has 10 heteroatoms. The average Bonchev–Trinajstić information content (AvgIpc) is 1.68. The van der Waals surface area contributed by atoms with Crippen LogP contribution in [0.15, 0.2) is 431 Å². The largest absolute Gasteiger partial charge is 4.00 e. The van der Waals surface area contributed by atoms with Crippen molar-refractivity contribution in [3.05, 3.63) is 611 Å². The minimum Gasteiger partial charge on any atom is -0.507 e. The van der Waals surface area contributed by atoms with Gasteiger partial charge in [-0.1, -0.05) is 317 Å². The van der Waals surface area contributed by atoms with E-state index in [0.29, 0.717) is 49.2 Å². The molecule has 0 atom stereocenters. The van der Waals surface area contributed by atoms with Gasteiger partial charge in [-0.15, -0.1) is 72.8 Å². The number of fused-ring (bicyclic) bond motifs is 12. The Labute approximate surface area is 928 Å². The van der Waals surface area contributed by atoms with Crippen LogP contribution in [-0.4, -0.2) is 94.4 Å². The summed E-state index contributed by atoms with van der Waals surface area (Å²) in [6.07, 6.45) is 0. The van der Waals surface area contributed by atoms with E-state index in [1.165, 1.54) is 89.0 Å². The van der Waals surface area contributed by atoms with Crippen LogP contribution in [0.1, 0.15) is 182 Å². The normalized spacial score (nSPS) is 12.6. The number of nitrogens with zero attached hydrogens (tertiary/aromatic N) is 4. The second-order valence-electron chi connectivity index (χ2n) is 39.6. The van der Waals surface area contributed by atoms with E-state index in [1.807, 2.05) is 188 Å². The van der Waals surface area contributed by atoms with E-state index < -0.39 is 21.7 Å². The fourth-order valence-electron chi connectivity index (χ4n) is 21.1. The summed E-state index contributed by atoms with van der Waals surface area (Å²) in [6, 6.07) is 147. The summed E-state index contributed by atoms with van der Waals surface area (Å²) >= 11 is 0. The van der Waals surface area contributed by atoms with Crippen molar-refractivity contribution in [1.82, 2.24) is 19.6 Å². The second kappa shape index (κ2) is 52.7. The molecule has 0 radical (unpaired) electrons. The Morgan fingerprint density at radius 3 is 0.537 bits per heavy atom. The fourth-order valence-corrected chi connectivity index (χ4v) is 21.1. The predicted octanol–water partition coefficient (Wildman–Crippen LogP) is 32.1. The molecule has 149 heavy (non-hydrogen) atoms. The van der Waals surface area contributed by atoms with Crippen molar-refractivity contribution < 1.29 is 72.8 Å². The zero-order valence-corrected chi connectivity index (χ0v) is 91.9. The Balaban J connectivity index is 0.000000198. The Morgan fingerprint density at radius 2 is 0.356 bits per heavy atom. The van der Waals surface area contributed by atoms with Crippen molar-refractivity contribution in [3.63, 3.8) is 0 Å². The molecule has 0 aromatic heterocycles. The van der Waals surface area contributed by atoms with Gasteiger partial charge in [0.1, 0.15) is 23.0 Å². The number of hydrogen-bond donors (Lipinski definition) is 4. The molecule has 18 aromatic carbocycles. The molecule has 0 unspecified atom stereocenters. The summed E-state index contributed by atoms with van der Waals surface area (Å²) in [5, 5.41) is 49.0. The smallest absolute Gasteiger partial charge is 0.507 e. The minimum absolute atomic E-state index is 0. The van der Waals surface area contributed by atoms with Crippen LogP contribution in [0.5, 0.6) is 23.0 Å². The summed E-state index contributed by atoms with van der Waals surface area (Å²) in [5.74, 6) is 1.36. The van der Waals surface area contributed by atoms with Crippen molar-refractivity contribution in [3.8, 4) is 67.5 Å². The number of hydrogen-bond acceptors (Lipinski definition) is 8. The van der Waals surface area contributed by atoms with Gasteiger partial charge in [0.05, 0.1) is 0 Å². The molecule has 18 aromatic rings. The minimum atomic E-state index is -0.500. The van der Waals surface area contributed by atoms with Gasteiger partial charge in [-0.25, -0.2) is 0 Å². The Hall–Kier alpha value is -14.0. The fraction of sp³-hybridized carbons (Fsp3) is 0.180. The Bertz CT molecular complexity index is 6740. The van der Waals surface area contributed by atoms with Crippen LogP contribution in [0.4, 0.5) is 0 Å². The van der Waals surface area contributed by atoms with Gasteiger partial charge < -0.3 is 30.2 Å². The predicted molar refractivity (Wildman–Crippen MR) is 621 cm³/mol. The quantitative estimate of drug-likeness (QED) is 0.0632. The summed E-state index contributed by atoms with van der Waals surface area (Å²) in [6.45, 7) is 43.1. The maximum Gasteiger partial charge on any atom is 4.00 e. The van der Waals surface area contributed by atoms with Crippen molar-refractivity contribution in [2.75, 3.05) is 54.4 Å². The van der Waals surface area contributed by atoms with Gasteiger partial charge in [0.15, 0.2) is 0 Å². The van der Waals surface area contributed by atoms with Crippen molar-refractivity contribution >= 4 is 0 Å². The van der Waals surface area contributed by atoms with E-state index >= 15 is 0 Å². The maximum atomic E-state index is 12.3. The van der Waals surface area contributed by atoms with Gasteiger partial charge >= 0.3 is 52.4 Å². The first-order valence-electron chi connectivity index (χ1n) is 50.0. The van der Waals surface area contributed by atoms with Crippen LogP contribution in [0.2, 0.25) is 0 Å². The number of benzene rings is 18. The number of phenols is 4. The molecule has 0 fully saturated rings. The number of rotatable bonds is 18. The van der Waals surface area contributed by atoms with E-state index in [1.54, 1.807) is 0 Å². The molecule has 0 saturated carbocycles. The molecular weight excluding hydrogens is 1970 g/mol. The first kappa shape index (κ1) is 115. The maximum absolute atomic E-state index is 12.3. The molecule has 22 rings (SSSR count). The Morgan fingerprint density at radius 1 is 0.195 bits per heavy atom. The molecule has 0 heterocycles. The van der Waals surface area contributed by atoms with Crippen LogP contribution >= 0.6 is 0 Å². The molecule has 750 valence electrons. The molecule has 0 amide bonds. The van der Waals surface area contributed by atoms with Crippen LogP contribution in [0.3, 0.4) is 0 Å². The third-order valence-corrected chi connectivity index (χ3v) is 28.5. The SMILES string of the molecule is C.C.Cc1cc(CN(CCN(C)C)Cc2cc(C)cc(C3(C)c4ccccc4-c4ccccc43)c2O)c(O)c(C2(C)c3ccccc3-c3ccccc32)c1.Cc1cc(CN(CCN(C)C)Cc2cccc(C3(C)c4ccccc4-c4ccccc43)c2O)c(O)c(C2(C)c3ccccc3-c3ccccc32)c1.[CH2-]c1ccccc1.[CH2-]c1ccccc1.[CH2-]c1ccccc1.[CH2-]c1ccccc1.[CH2-]c1ccccc1.[CH2-]c1ccccc1.[Zr+4].[Zr+4]. The van der Waals surface area contributed by atoms with Gasteiger partial charge in [-0.05, 0) is 166 Å². The number of aryl methyl sites for hydroxylation is 3. The number of para-hydroxylation sites is 1. The first-order valence-corrected chi connectivity index (χ1v) is 50.0. The van der Waals surface area contributed by atoms with Crippen molar-refractivity contribution in [1.29, 1.82) is 0 Å². The third-order valence-electron chi connectivity index (χ3n) is 28.5. The molecule has 4 N–H and O–H groups in total. The molecule has 0 spiro atoms. The summed E-state index contributed by atoms with van der Waals surface area (Å²) < 4.78 is 0. The zero-order chi connectivity index (χ0) is 103. The van der Waals surface area contributed by atoms with Crippen LogP contribution in [0.25, 0.3) is 44.5 Å². The molecule has 0 aliphatic heterocycles. The van der Waals surface area contributed by atoms with Gasteiger partial charge in [0, 0.05) is 119 Å². The van der Waals surface area contributed by atoms with Crippen LogP contribution in [-0.2, 0) is 100 Å². The first-order chi connectivity index (χ1) is 70.0. The molecule has 0 bridgehead atoms. The van der Waals surface area contributed by atoms with Crippen molar-refractivity contribution in [2.24, 2.45) is 0 Å². The third kappa shape index (κ3) is 26.3. The zero-order valence-electron chi connectivity index (χ0n) is 87.0. The molecule has 4 aliphatic carbocycles. The van der Waals surface area contributed by atoms with Gasteiger partial charge in [0.2, 0.25) is 0 Å². The van der Waals surface area contributed by atoms with Gasteiger partial charge in [-0.2, -0.15) is 148 Å². The molecular formula is C139H144N4O4Zr2+2. The topological polar surface area (TPSA) is 93.9 Å². The Kier molecular flexibility index (Phi) is 40.8. The molecule has 0 saturated heterocycles. The summed E-state index contributed by atoms with van der Waals surface area (Å²) in [4.78, 5) is 9.10. The van der Waals surface area contributed by atoms with E-state index in [9.17, 15) is 20.4 Å². The molecule has 4 aliphatic rings. The van der Waals surface area contributed by atoms with Crippen LogP contribution in [0, 0.1) is 62.3 Å². The van der Waals surface area contributed by atoms with Crippen LogP contribution < -0.4 is 0 Å². The van der Waals surface area contributed by atoms with E-state index in [4.69, 9.17) is 0 Å². The van der Waals surface area contributed by atoms with Gasteiger partial charge in [-0.3, -0.25) is 9.80 Å². The monoisotopic (exact) mass is 2110 g/mol. The second-order valence-corrected chi connectivity index (χ2v) is 39.6. The standard InChI is InChI=1S/C48H48N2O2.C47H46N2O2.6C7H7.2CH4.2Zr/c1-31-25-33(45(51)43(27-31)47(3)39-19-11-7-15-35(39)36-16-8-12-20-40(36)47)29-50(24-23-49(5)6)30-34-26-32(2)28-44(46(34)52)48(4)41-21-13-9-17-37(41)38-18-10-14-22-42(38)48;1-31-27-33(45(51)43(28-31)47(3)40-22-12-8-18-36(40)37-19-9-13-23-41(37)47)30-49(26-25-48(4)5)29-32-15-14-24-42(44(32)50)46(2)38-20-10-6-16-34(38)35-17-7-11-21-39(35)46;6*1-7-5-3-2-4-6-7;;;;/h7-22,25-28,51-52H,23-24,29-30H2,1-6H3;6-24,27-28,50-51H,25-26,29-30H2,1-5H3;6*2-6H,1H2;2*1H4;;/q;;6*-1;;;2*+4. The summed E-state index contributed by atoms with van der Waals surface area (Å²) in [5.41, 5.74) is 34.6. The van der Waals surface area contributed by atoms with Crippen molar-refractivity contribution in [2.45, 2.75) is 111 Å². The average molecular weight is 2120 g/mol. The molecule has 8 nitrogen and oxygen atoms in total. The van der Waals surface area contributed by atoms with Gasteiger partial charge in [0.25, 0.3) is 0 Å². The summed E-state index contributed by atoms with van der Waals surface area (Å²) in [7, 11) is 8.36. The number of aromatic hydroxyl groups is 4. The van der Waals surface area contributed by atoms with E-state index in [0.717, 1.165) is 121 Å².